The number of anilines is 2. The molecule has 1 fully saturated rings. The Kier molecular flexibility index (Phi) is 2.08. The molecular formula is C10H13ClN2. The quantitative estimate of drug-likeness (QED) is 0.737. The molecule has 1 aromatic carbocycles. The molecule has 1 aliphatic rings. The first-order valence-corrected chi connectivity index (χ1v) is 4.84. The Balaban J connectivity index is 2.28. The fraction of sp³-hybridized carbons (Fsp3) is 0.400. The van der Waals surface area contributed by atoms with Crippen LogP contribution in [0.15, 0.2) is 18.2 Å². The van der Waals surface area contributed by atoms with Crippen LogP contribution in [0.2, 0.25) is 5.02 Å². The van der Waals surface area contributed by atoms with Crippen molar-refractivity contribution in [2.75, 3.05) is 17.7 Å². The average molecular weight is 197 g/mol. The van der Waals surface area contributed by atoms with E-state index in [-0.39, 0.29) is 0 Å². The maximum atomic E-state index is 5.86. The summed E-state index contributed by atoms with van der Waals surface area (Å²) in [6.45, 7) is 0. The number of hydrogen-bond acceptors (Lipinski definition) is 2. The van der Waals surface area contributed by atoms with Crippen LogP contribution < -0.4 is 10.6 Å². The second-order valence-electron chi connectivity index (χ2n) is 3.55. The second kappa shape index (κ2) is 3.11. The summed E-state index contributed by atoms with van der Waals surface area (Å²) in [6, 6.07) is 6.35. The molecule has 0 amide bonds. The van der Waals surface area contributed by atoms with Crippen LogP contribution in [0.4, 0.5) is 11.4 Å². The number of nitrogens with two attached hydrogens (primary N) is 1. The van der Waals surface area contributed by atoms with Gasteiger partial charge in [-0.2, -0.15) is 0 Å². The summed E-state index contributed by atoms with van der Waals surface area (Å²) in [4.78, 5) is 2.23. The van der Waals surface area contributed by atoms with Gasteiger partial charge in [-0.1, -0.05) is 11.6 Å². The molecule has 2 N–H and O–H groups in total. The van der Waals surface area contributed by atoms with Gasteiger partial charge in [0.15, 0.2) is 0 Å². The molecule has 13 heavy (non-hydrogen) atoms. The highest BCUT2D eigenvalue weighted by Gasteiger charge is 2.27. The normalized spacial score (nSPS) is 15.8. The fourth-order valence-electron chi connectivity index (χ4n) is 1.51. The van der Waals surface area contributed by atoms with Gasteiger partial charge in [-0.3, -0.25) is 0 Å². The summed E-state index contributed by atoms with van der Waals surface area (Å²) in [6.07, 6.45) is 2.55. The van der Waals surface area contributed by atoms with Gasteiger partial charge in [-0.25, -0.2) is 0 Å². The van der Waals surface area contributed by atoms with E-state index in [1.807, 2.05) is 12.1 Å². The molecule has 0 saturated heterocycles. The summed E-state index contributed by atoms with van der Waals surface area (Å²) < 4.78 is 0. The molecule has 1 aromatic rings. The predicted molar refractivity (Wildman–Crippen MR) is 57.3 cm³/mol. The molecule has 0 bridgehead atoms. The summed E-state index contributed by atoms with van der Waals surface area (Å²) in [7, 11) is 2.08. The van der Waals surface area contributed by atoms with Gasteiger partial charge in [0.25, 0.3) is 0 Å². The maximum Gasteiger partial charge on any atom is 0.0600 e. The van der Waals surface area contributed by atoms with Crippen molar-refractivity contribution in [3.05, 3.63) is 23.2 Å². The number of benzene rings is 1. The van der Waals surface area contributed by atoms with Crippen molar-refractivity contribution in [2.45, 2.75) is 18.9 Å². The first-order chi connectivity index (χ1) is 6.18. The molecule has 2 rings (SSSR count). The zero-order valence-electron chi connectivity index (χ0n) is 7.63. The van der Waals surface area contributed by atoms with Crippen molar-refractivity contribution in [1.82, 2.24) is 0 Å². The van der Waals surface area contributed by atoms with E-state index in [0.29, 0.717) is 11.1 Å². The van der Waals surface area contributed by atoms with Gasteiger partial charge in [-0.05, 0) is 31.0 Å². The molecule has 70 valence electrons. The summed E-state index contributed by atoms with van der Waals surface area (Å²) in [5.74, 6) is 0. The molecule has 1 saturated carbocycles. The zero-order chi connectivity index (χ0) is 9.42. The van der Waals surface area contributed by atoms with Crippen LogP contribution in [-0.2, 0) is 0 Å². The lowest BCUT2D eigenvalue weighted by Crippen LogP contribution is -2.20. The maximum absolute atomic E-state index is 5.86. The van der Waals surface area contributed by atoms with E-state index in [0.717, 1.165) is 11.4 Å². The minimum Gasteiger partial charge on any atom is -0.397 e. The lowest BCUT2D eigenvalue weighted by molar-refractivity contribution is 0.919. The molecule has 3 heteroatoms. The SMILES string of the molecule is CN(c1ccc(Cl)cc1N)C1CC1. The smallest absolute Gasteiger partial charge is 0.0600 e. The first-order valence-electron chi connectivity index (χ1n) is 4.46. The first kappa shape index (κ1) is 8.70. The molecular weight excluding hydrogens is 184 g/mol. The topological polar surface area (TPSA) is 29.3 Å². The standard InChI is InChI=1S/C10H13ClN2/c1-13(8-3-4-8)10-5-2-7(11)6-9(10)12/h2,5-6,8H,3-4,12H2,1H3. The highest BCUT2D eigenvalue weighted by atomic mass is 35.5. The Hall–Kier alpha value is -0.890. The van der Waals surface area contributed by atoms with E-state index in [9.17, 15) is 0 Å². The van der Waals surface area contributed by atoms with Crippen LogP contribution in [0.25, 0.3) is 0 Å². The Morgan fingerprint density at radius 2 is 2.15 bits per heavy atom. The molecule has 0 atom stereocenters. The highest BCUT2D eigenvalue weighted by molar-refractivity contribution is 6.31. The third-order valence-corrected chi connectivity index (χ3v) is 2.70. The minimum atomic E-state index is 0.684. The second-order valence-corrected chi connectivity index (χ2v) is 3.98. The minimum absolute atomic E-state index is 0.684. The molecule has 0 spiro atoms. The molecule has 0 aliphatic heterocycles. The number of hydrogen-bond donors (Lipinski definition) is 1. The Morgan fingerprint density at radius 1 is 1.46 bits per heavy atom. The van der Waals surface area contributed by atoms with Crippen molar-refractivity contribution in [2.24, 2.45) is 0 Å². The van der Waals surface area contributed by atoms with Crippen LogP contribution in [-0.4, -0.2) is 13.1 Å². The lowest BCUT2D eigenvalue weighted by atomic mass is 10.2. The fourth-order valence-corrected chi connectivity index (χ4v) is 1.69. The van der Waals surface area contributed by atoms with Gasteiger partial charge in [0.05, 0.1) is 11.4 Å². The lowest BCUT2D eigenvalue weighted by Gasteiger charge is -2.20. The van der Waals surface area contributed by atoms with E-state index in [1.54, 1.807) is 6.07 Å². The van der Waals surface area contributed by atoms with Crippen molar-refractivity contribution in [3.63, 3.8) is 0 Å². The van der Waals surface area contributed by atoms with Gasteiger partial charge in [0.2, 0.25) is 0 Å². The molecule has 0 aromatic heterocycles. The zero-order valence-corrected chi connectivity index (χ0v) is 8.38. The van der Waals surface area contributed by atoms with Crippen LogP contribution in [0.3, 0.4) is 0 Å². The number of halogens is 1. The van der Waals surface area contributed by atoms with E-state index in [4.69, 9.17) is 17.3 Å². The molecule has 0 heterocycles. The summed E-state index contributed by atoms with van der Waals surface area (Å²) in [5.41, 5.74) is 7.72. The van der Waals surface area contributed by atoms with E-state index in [2.05, 4.69) is 11.9 Å². The van der Waals surface area contributed by atoms with Crippen LogP contribution in [0.5, 0.6) is 0 Å². The molecule has 0 unspecified atom stereocenters. The number of rotatable bonds is 2. The van der Waals surface area contributed by atoms with Gasteiger partial charge in [0, 0.05) is 18.1 Å². The van der Waals surface area contributed by atoms with Gasteiger partial charge in [0.1, 0.15) is 0 Å². The third-order valence-electron chi connectivity index (χ3n) is 2.46. The molecule has 1 aliphatic carbocycles. The Morgan fingerprint density at radius 3 is 2.69 bits per heavy atom. The monoisotopic (exact) mass is 196 g/mol. The van der Waals surface area contributed by atoms with Gasteiger partial charge in [-0.15, -0.1) is 0 Å². The Bertz CT molecular complexity index is 321. The van der Waals surface area contributed by atoms with Crippen LogP contribution >= 0.6 is 11.6 Å². The third kappa shape index (κ3) is 1.73. The highest BCUT2D eigenvalue weighted by Crippen LogP contribution is 2.34. The average Bonchev–Trinajstić information content (AvgIpc) is 2.85. The summed E-state index contributed by atoms with van der Waals surface area (Å²) >= 11 is 5.82. The van der Waals surface area contributed by atoms with Gasteiger partial charge >= 0.3 is 0 Å². The van der Waals surface area contributed by atoms with Crippen molar-refractivity contribution in [1.29, 1.82) is 0 Å². The van der Waals surface area contributed by atoms with Crippen molar-refractivity contribution in [3.8, 4) is 0 Å². The van der Waals surface area contributed by atoms with E-state index < -0.39 is 0 Å². The Labute approximate surface area is 83.3 Å². The number of nitrogens with zero attached hydrogens (tertiary/aromatic N) is 1. The largest absolute Gasteiger partial charge is 0.397 e. The van der Waals surface area contributed by atoms with Crippen molar-refractivity contribution >= 4 is 23.0 Å². The summed E-state index contributed by atoms with van der Waals surface area (Å²) in [5, 5.41) is 0.699. The van der Waals surface area contributed by atoms with Crippen LogP contribution in [0, 0.1) is 0 Å². The predicted octanol–water partition coefficient (Wildman–Crippen LogP) is 2.52. The van der Waals surface area contributed by atoms with Gasteiger partial charge < -0.3 is 10.6 Å². The van der Waals surface area contributed by atoms with Crippen LogP contribution in [0.1, 0.15) is 12.8 Å². The molecule has 0 radical (unpaired) electrons. The van der Waals surface area contributed by atoms with E-state index in [1.165, 1.54) is 12.8 Å². The van der Waals surface area contributed by atoms with E-state index >= 15 is 0 Å². The van der Waals surface area contributed by atoms with Crippen molar-refractivity contribution < 1.29 is 0 Å². The molecule has 2 nitrogen and oxygen atoms in total. The number of nitrogen functional groups attached to an aromatic ring is 1.